The number of aryl methyl sites for hydroxylation is 1. The maximum absolute atomic E-state index is 9.56. The second-order valence-electron chi connectivity index (χ2n) is 7.74. The van der Waals surface area contributed by atoms with Gasteiger partial charge >= 0.3 is 0 Å². The Morgan fingerprint density at radius 3 is 2.63 bits per heavy atom. The maximum Gasteiger partial charge on any atom is 0.0456 e. The van der Waals surface area contributed by atoms with Gasteiger partial charge in [0.2, 0.25) is 0 Å². The van der Waals surface area contributed by atoms with Crippen LogP contribution < -0.4 is 0 Å². The number of para-hydroxylation sites is 1. The Morgan fingerprint density at radius 2 is 1.85 bits per heavy atom. The van der Waals surface area contributed by atoms with E-state index in [0.29, 0.717) is 6.04 Å². The zero-order valence-corrected chi connectivity index (χ0v) is 16.1. The van der Waals surface area contributed by atoms with Gasteiger partial charge in [-0.05, 0) is 36.4 Å². The van der Waals surface area contributed by atoms with Crippen LogP contribution in [-0.4, -0.2) is 52.2 Å². The van der Waals surface area contributed by atoms with Crippen molar-refractivity contribution < 1.29 is 5.11 Å². The van der Waals surface area contributed by atoms with Crippen molar-refractivity contribution in [2.24, 2.45) is 0 Å². The second-order valence-corrected chi connectivity index (χ2v) is 7.74. The summed E-state index contributed by atoms with van der Waals surface area (Å²) in [5.74, 6) is 0. The van der Waals surface area contributed by atoms with Gasteiger partial charge in [-0.1, -0.05) is 48.0 Å². The molecular formula is C23H29N3O. The molecule has 0 amide bonds. The number of rotatable bonds is 6. The number of fused-ring (bicyclic) bond motifs is 1. The number of aliphatic hydroxyl groups is 1. The lowest BCUT2D eigenvalue weighted by Crippen LogP contribution is -2.52. The molecule has 2 aromatic carbocycles. The van der Waals surface area contributed by atoms with Gasteiger partial charge in [-0.15, -0.1) is 0 Å². The average Bonchev–Trinajstić information content (AvgIpc) is 3.08. The van der Waals surface area contributed by atoms with Crippen LogP contribution in [0.15, 0.2) is 54.6 Å². The van der Waals surface area contributed by atoms with Gasteiger partial charge in [0.05, 0.1) is 0 Å². The Kier molecular flexibility index (Phi) is 5.58. The zero-order chi connectivity index (χ0) is 18.6. The van der Waals surface area contributed by atoms with Crippen LogP contribution in [0.1, 0.15) is 23.2 Å². The van der Waals surface area contributed by atoms with E-state index < -0.39 is 0 Å². The number of benzene rings is 2. The maximum atomic E-state index is 9.56. The highest BCUT2D eigenvalue weighted by molar-refractivity contribution is 5.80. The van der Waals surface area contributed by atoms with Gasteiger partial charge in [0.25, 0.3) is 0 Å². The predicted molar refractivity (Wildman–Crippen MR) is 111 cm³/mol. The van der Waals surface area contributed by atoms with Gasteiger partial charge in [0.15, 0.2) is 0 Å². The highest BCUT2D eigenvalue weighted by atomic mass is 16.3. The van der Waals surface area contributed by atoms with Crippen molar-refractivity contribution in [3.63, 3.8) is 0 Å². The normalized spacial score (nSPS) is 19.0. The molecule has 27 heavy (non-hydrogen) atoms. The molecule has 0 spiro atoms. The summed E-state index contributed by atoms with van der Waals surface area (Å²) in [6.45, 7) is 7.38. The fourth-order valence-electron chi connectivity index (χ4n) is 4.12. The molecule has 1 saturated heterocycles. The third-order valence-corrected chi connectivity index (χ3v) is 5.64. The van der Waals surface area contributed by atoms with Crippen LogP contribution >= 0.6 is 0 Å². The van der Waals surface area contributed by atoms with E-state index in [1.165, 1.54) is 27.7 Å². The van der Waals surface area contributed by atoms with Gasteiger partial charge < -0.3 is 10.1 Å². The molecule has 1 unspecified atom stereocenters. The van der Waals surface area contributed by atoms with Crippen molar-refractivity contribution in [2.45, 2.75) is 32.5 Å². The first-order valence-electron chi connectivity index (χ1n) is 9.91. The van der Waals surface area contributed by atoms with E-state index in [0.717, 1.165) is 39.1 Å². The van der Waals surface area contributed by atoms with Crippen LogP contribution in [0.25, 0.3) is 10.9 Å². The smallest absolute Gasteiger partial charge is 0.0456 e. The Morgan fingerprint density at radius 1 is 1.04 bits per heavy atom. The standard InChI is InChI=1S/C23H29N3O/c1-18-6-8-19(9-7-18)15-26-12-11-25(17-22(26)10-13-27)16-21-14-20-4-2-3-5-23(20)24-21/h2-9,14,22,24,27H,10-13,15-17H2,1H3. The summed E-state index contributed by atoms with van der Waals surface area (Å²) in [5, 5.41) is 10.8. The summed E-state index contributed by atoms with van der Waals surface area (Å²) < 4.78 is 0. The number of piperazine rings is 1. The van der Waals surface area contributed by atoms with Gasteiger partial charge in [0, 0.05) is 56.6 Å². The molecule has 2 heterocycles. The van der Waals surface area contributed by atoms with E-state index in [9.17, 15) is 5.11 Å². The van der Waals surface area contributed by atoms with E-state index in [2.05, 4.69) is 76.3 Å². The molecular weight excluding hydrogens is 334 g/mol. The van der Waals surface area contributed by atoms with E-state index in [1.807, 2.05) is 0 Å². The van der Waals surface area contributed by atoms with E-state index >= 15 is 0 Å². The molecule has 0 aliphatic carbocycles. The number of aliphatic hydroxyl groups excluding tert-OH is 1. The highest BCUT2D eigenvalue weighted by Gasteiger charge is 2.26. The largest absolute Gasteiger partial charge is 0.396 e. The van der Waals surface area contributed by atoms with E-state index in [-0.39, 0.29) is 6.61 Å². The SMILES string of the molecule is Cc1ccc(CN2CCN(Cc3cc4ccccc4[nH]3)CC2CCO)cc1. The molecule has 0 saturated carbocycles. The van der Waals surface area contributed by atoms with Crippen molar-refractivity contribution in [1.82, 2.24) is 14.8 Å². The van der Waals surface area contributed by atoms with Crippen LogP contribution in [-0.2, 0) is 13.1 Å². The summed E-state index contributed by atoms with van der Waals surface area (Å²) in [7, 11) is 0. The van der Waals surface area contributed by atoms with Crippen molar-refractivity contribution >= 4 is 10.9 Å². The lowest BCUT2D eigenvalue weighted by Gasteiger charge is -2.41. The molecule has 2 N–H and O–H groups in total. The first-order valence-corrected chi connectivity index (χ1v) is 9.91. The number of nitrogens with one attached hydrogen (secondary N) is 1. The highest BCUT2D eigenvalue weighted by Crippen LogP contribution is 2.20. The van der Waals surface area contributed by atoms with Crippen LogP contribution in [0.3, 0.4) is 0 Å². The summed E-state index contributed by atoms with van der Waals surface area (Å²) >= 11 is 0. The number of hydrogen-bond donors (Lipinski definition) is 2. The summed E-state index contributed by atoms with van der Waals surface area (Å²) in [4.78, 5) is 8.58. The molecule has 1 fully saturated rings. The lowest BCUT2D eigenvalue weighted by atomic mass is 10.1. The van der Waals surface area contributed by atoms with Crippen molar-refractivity contribution in [3.8, 4) is 0 Å². The van der Waals surface area contributed by atoms with Crippen LogP contribution in [0.5, 0.6) is 0 Å². The molecule has 0 bridgehead atoms. The third kappa shape index (κ3) is 4.41. The molecule has 1 atom stereocenters. The van der Waals surface area contributed by atoms with Gasteiger partial charge in [-0.25, -0.2) is 0 Å². The van der Waals surface area contributed by atoms with E-state index in [1.54, 1.807) is 0 Å². The van der Waals surface area contributed by atoms with Crippen molar-refractivity contribution in [1.29, 1.82) is 0 Å². The second kappa shape index (κ2) is 8.26. The number of nitrogens with zero attached hydrogens (tertiary/aromatic N) is 2. The third-order valence-electron chi connectivity index (χ3n) is 5.64. The first-order chi connectivity index (χ1) is 13.2. The minimum Gasteiger partial charge on any atom is -0.396 e. The topological polar surface area (TPSA) is 42.5 Å². The molecule has 4 nitrogen and oxygen atoms in total. The lowest BCUT2D eigenvalue weighted by molar-refractivity contribution is 0.0495. The summed E-state index contributed by atoms with van der Waals surface area (Å²) in [6, 6.07) is 19.9. The fourth-order valence-corrected chi connectivity index (χ4v) is 4.12. The molecule has 4 heteroatoms. The molecule has 0 radical (unpaired) electrons. The predicted octanol–water partition coefficient (Wildman–Crippen LogP) is 3.55. The summed E-state index contributed by atoms with van der Waals surface area (Å²) in [6.07, 6.45) is 0.828. The number of aromatic nitrogens is 1. The van der Waals surface area contributed by atoms with Crippen molar-refractivity contribution in [2.75, 3.05) is 26.2 Å². The van der Waals surface area contributed by atoms with Gasteiger partial charge in [-0.2, -0.15) is 0 Å². The number of aromatic amines is 1. The molecule has 142 valence electrons. The first kappa shape index (κ1) is 18.2. The van der Waals surface area contributed by atoms with Crippen LogP contribution in [0, 0.1) is 6.92 Å². The number of H-pyrrole nitrogens is 1. The zero-order valence-electron chi connectivity index (χ0n) is 16.1. The number of hydrogen-bond acceptors (Lipinski definition) is 3. The Bertz CT molecular complexity index is 838. The minimum absolute atomic E-state index is 0.245. The monoisotopic (exact) mass is 363 g/mol. The minimum atomic E-state index is 0.245. The van der Waals surface area contributed by atoms with Gasteiger partial charge in [0.1, 0.15) is 0 Å². The molecule has 1 aromatic heterocycles. The Balaban J connectivity index is 1.41. The molecule has 3 aromatic rings. The molecule has 1 aliphatic heterocycles. The Hall–Kier alpha value is -2.14. The van der Waals surface area contributed by atoms with Gasteiger partial charge in [-0.3, -0.25) is 9.80 Å². The fraction of sp³-hybridized carbons (Fsp3) is 0.391. The molecule has 4 rings (SSSR count). The average molecular weight is 364 g/mol. The summed E-state index contributed by atoms with van der Waals surface area (Å²) in [5.41, 5.74) is 5.13. The van der Waals surface area contributed by atoms with Crippen LogP contribution in [0.4, 0.5) is 0 Å². The molecule has 1 aliphatic rings. The Labute approximate surface area is 161 Å². The quantitative estimate of drug-likeness (QED) is 0.704. The van der Waals surface area contributed by atoms with Crippen LogP contribution in [0.2, 0.25) is 0 Å². The van der Waals surface area contributed by atoms with E-state index in [4.69, 9.17) is 0 Å². The van der Waals surface area contributed by atoms with Crippen molar-refractivity contribution in [3.05, 3.63) is 71.4 Å².